The smallest absolute Gasteiger partial charge is 0.309 e. The Bertz CT molecular complexity index is 3870. The summed E-state index contributed by atoms with van der Waals surface area (Å²) in [6.07, 6.45) is -11.6. The Kier molecular flexibility index (Phi) is 10.2. The number of para-hydroxylation sites is 3. The van der Waals surface area contributed by atoms with Gasteiger partial charge in [0.2, 0.25) is 5.41 Å². The van der Waals surface area contributed by atoms with E-state index in [2.05, 4.69) is 68.0 Å². The van der Waals surface area contributed by atoms with Gasteiger partial charge in [0.1, 0.15) is 0 Å². The average Bonchev–Trinajstić information content (AvgIpc) is 3.91. The first-order chi connectivity index (χ1) is 34.5. The zero-order valence-corrected chi connectivity index (χ0v) is 37.4. The van der Waals surface area contributed by atoms with Gasteiger partial charge < -0.3 is 9.13 Å². The van der Waals surface area contributed by atoms with Gasteiger partial charge in [0.25, 0.3) is 0 Å². The Hall–Kier alpha value is -8.83. The lowest BCUT2D eigenvalue weighted by atomic mass is 9.72. The summed E-state index contributed by atoms with van der Waals surface area (Å²) in [6.45, 7) is 0. The SMILES string of the molecule is FC(F)(F)C(c1ccc(-c2nc(-c3ccccc3)nc(-c3ccccc3)n2)cc1)(c1ccc(-n2c3ccccc3c3cc(-c4ccc5c(c4)c4ccccc4n5-c4ccccc4)ccc32)cc1)C(F)(F)F. The lowest BCUT2D eigenvalue weighted by Crippen LogP contribution is -2.54. The van der Waals surface area contributed by atoms with Crippen LogP contribution in [0.1, 0.15) is 11.1 Å². The standard InChI is InChI=1S/C60H37F6N5/c61-59(62,63)58(60(64,65)66,43-28-24-40(25-29-43)57-68-55(38-14-4-1-5-15-38)67-56(69-57)39-16-6-2-7-17-39)44-30-32-46(33-31-44)71-52-23-13-11-21-48(52)50-37-42(27-35-54(50)71)41-26-34-53-49(36-41)47-20-10-12-22-51(47)70(53)45-18-8-3-9-19-45/h1-37H. The zero-order valence-electron chi connectivity index (χ0n) is 37.4. The lowest BCUT2D eigenvalue weighted by molar-refractivity contribution is -0.288. The van der Waals surface area contributed by atoms with E-state index in [1.54, 1.807) is 24.3 Å². The van der Waals surface area contributed by atoms with Gasteiger partial charge in [0.15, 0.2) is 17.5 Å². The molecule has 0 aliphatic heterocycles. The van der Waals surface area contributed by atoms with Crippen LogP contribution in [0.25, 0.3) is 100 Å². The second-order valence-corrected chi connectivity index (χ2v) is 17.4. The van der Waals surface area contributed by atoms with E-state index in [1.807, 2.05) is 108 Å². The molecule has 71 heavy (non-hydrogen) atoms. The highest BCUT2D eigenvalue weighted by molar-refractivity contribution is 6.12. The topological polar surface area (TPSA) is 48.5 Å². The van der Waals surface area contributed by atoms with Crippen molar-refractivity contribution in [3.8, 4) is 56.7 Å². The first kappa shape index (κ1) is 43.5. The van der Waals surface area contributed by atoms with Gasteiger partial charge in [-0.15, -0.1) is 0 Å². The van der Waals surface area contributed by atoms with E-state index in [0.29, 0.717) is 28.5 Å². The monoisotopic (exact) mass is 941 g/mol. The van der Waals surface area contributed by atoms with Gasteiger partial charge in [-0.3, -0.25) is 0 Å². The van der Waals surface area contributed by atoms with Crippen molar-refractivity contribution in [3.05, 3.63) is 236 Å². The molecule has 11 heteroatoms. The fourth-order valence-corrected chi connectivity index (χ4v) is 10.1. The first-order valence-corrected chi connectivity index (χ1v) is 22.8. The minimum Gasteiger partial charge on any atom is -0.309 e. The normalized spacial score (nSPS) is 12.4. The average molecular weight is 942 g/mol. The maximum absolute atomic E-state index is 15.6. The van der Waals surface area contributed by atoms with E-state index in [9.17, 15) is 0 Å². The molecule has 0 saturated heterocycles. The van der Waals surface area contributed by atoms with Crippen molar-refractivity contribution in [2.75, 3.05) is 0 Å². The molecule has 0 amide bonds. The Morgan fingerprint density at radius 3 is 1.03 bits per heavy atom. The van der Waals surface area contributed by atoms with Crippen LogP contribution in [0.3, 0.4) is 0 Å². The van der Waals surface area contributed by atoms with Crippen LogP contribution in [-0.4, -0.2) is 36.4 Å². The molecule has 0 fully saturated rings. The van der Waals surface area contributed by atoms with Crippen molar-refractivity contribution in [1.82, 2.24) is 24.1 Å². The van der Waals surface area contributed by atoms with Crippen molar-refractivity contribution in [2.24, 2.45) is 0 Å². The minimum atomic E-state index is -5.80. The van der Waals surface area contributed by atoms with Gasteiger partial charge in [-0.1, -0.05) is 164 Å². The molecule has 0 aliphatic rings. The molecule has 12 aromatic rings. The molecular weight excluding hydrogens is 905 g/mol. The molecule has 3 aromatic heterocycles. The van der Waals surface area contributed by atoms with Gasteiger partial charge in [-0.2, -0.15) is 26.3 Å². The highest BCUT2D eigenvalue weighted by Gasteiger charge is 2.72. The quantitative estimate of drug-likeness (QED) is 0.143. The third-order valence-corrected chi connectivity index (χ3v) is 13.4. The van der Waals surface area contributed by atoms with E-state index in [0.717, 1.165) is 84.7 Å². The van der Waals surface area contributed by atoms with E-state index in [4.69, 9.17) is 0 Å². The number of fused-ring (bicyclic) bond motifs is 6. The van der Waals surface area contributed by atoms with Gasteiger partial charge in [0.05, 0.1) is 22.1 Å². The summed E-state index contributed by atoms with van der Waals surface area (Å²) < 4.78 is 97.7. The molecule has 0 spiro atoms. The molecule has 0 atom stereocenters. The summed E-state index contributed by atoms with van der Waals surface area (Å²) in [6, 6.07) is 65.3. The molecule has 0 bridgehead atoms. The lowest BCUT2D eigenvalue weighted by Gasteiger charge is -2.38. The molecule has 9 aromatic carbocycles. The maximum atomic E-state index is 15.6. The maximum Gasteiger partial charge on any atom is 0.411 e. The third-order valence-electron chi connectivity index (χ3n) is 13.4. The minimum absolute atomic E-state index is 0.0877. The number of hydrogen-bond acceptors (Lipinski definition) is 3. The Morgan fingerprint density at radius 2 is 0.606 bits per heavy atom. The number of hydrogen-bond donors (Lipinski definition) is 0. The molecule has 0 unspecified atom stereocenters. The number of alkyl halides is 6. The number of halogens is 6. The fraction of sp³-hybridized carbons (Fsp3) is 0.0500. The first-order valence-electron chi connectivity index (χ1n) is 22.8. The van der Waals surface area contributed by atoms with Crippen LogP contribution in [0.4, 0.5) is 26.3 Å². The molecule has 344 valence electrons. The van der Waals surface area contributed by atoms with Crippen molar-refractivity contribution < 1.29 is 26.3 Å². The van der Waals surface area contributed by atoms with E-state index < -0.39 is 28.9 Å². The van der Waals surface area contributed by atoms with E-state index >= 15 is 26.3 Å². The van der Waals surface area contributed by atoms with E-state index in [1.165, 1.54) is 24.3 Å². The van der Waals surface area contributed by atoms with Crippen molar-refractivity contribution in [1.29, 1.82) is 0 Å². The summed E-state index contributed by atoms with van der Waals surface area (Å²) in [5.41, 5.74) is 2.19. The Labute approximate surface area is 402 Å². The van der Waals surface area contributed by atoms with Crippen molar-refractivity contribution in [3.63, 3.8) is 0 Å². The third kappa shape index (κ3) is 7.14. The molecule has 0 aliphatic carbocycles. The fourth-order valence-electron chi connectivity index (χ4n) is 10.1. The van der Waals surface area contributed by atoms with Crippen LogP contribution in [0, 0.1) is 0 Å². The van der Waals surface area contributed by atoms with Crippen LogP contribution >= 0.6 is 0 Å². The molecule has 0 N–H and O–H groups in total. The number of aromatic nitrogens is 5. The Balaban J connectivity index is 0.935. The van der Waals surface area contributed by atoms with Gasteiger partial charge >= 0.3 is 12.4 Å². The Morgan fingerprint density at radius 1 is 0.282 bits per heavy atom. The van der Waals surface area contributed by atoms with Crippen LogP contribution < -0.4 is 0 Å². The highest BCUT2D eigenvalue weighted by atomic mass is 19.4. The van der Waals surface area contributed by atoms with E-state index in [-0.39, 0.29) is 11.4 Å². The number of rotatable bonds is 8. The number of nitrogens with zero attached hydrogens (tertiary/aromatic N) is 5. The molecule has 5 nitrogen and oxygen atoms in total. The predicted octanol–water partition coefficient (Wildman–Crippen LogP) is 16.1. The van der Waals surface area contributed by atoms with Crippen LogP contribution in [0.5, 0.6) is 0 Å². The molecule has 3 heterocycles. The summed E-state index contributed by atoms with van der Waals surface area (Å²) >= 11 is 0. The van der Waals surface area contributed by atoms with Crippen LogP contribution in [-0.2, 0) is 5.41 Å². The second-order valence-electron chi connectivity index (χ2n) is 17.4. The zero-order chi connectivity index (χ0) is 48.5. The molecule has 0 saturated carbocycles. The van der Waals surface area contributed by atoms with Crippen molar-refractivity contribution >= 4 is 43.6 Å². The van der Waals surface area contributed by atoms with Gasteiger partial charge in [-0.25, -0.2) is 15.0 Å². The van der Waals surface area contributed by atoms with Gasteiger partial charge in [0, 0.05) is 49.6 Å². The number of benzene rings is 9. The molecular formula is C60H37F6N5. The summed E-state index contributed by atoms with van der Waals surface area (Å²) in [7, 11) is 0. The largest absolute Gasteiger partial charge is 0.411 e. The van der Waals surface area contributed by atoms with Crippen molar-refractivity contribution in [2.45, 2.75) is 17.8 Å². The molecule has 12 rings (SSSR count). The predicted molar refractivity (Wildman–Crippen MR) is 270 cm³/mol. The highest BCUT2D eigenvalue weighted by Crippen LogP contribution is 2.56. The van der Waals surface area contributed by atoms with Gasteiger partial charge in [-0.05, 0) is 82.9 Å². The van der Waals surface area contributed by atoms with Crippen LogP contribution in [0.2, 0.25) is 0 Å². The summed E-state index contributed by atoms with van der Waals surface area (Å²) in [5, 5.41) is 3.95. The molecule has 0 radical (unpaired) electrons. The summed E-state index contributed by atoms with van der Waals surface area (Å²) in [5.74, 6) is 0.678. The van der Waals surface area contributed by atoms with Crippen LogP contribution in [0.15, 0.2) is 224 Å². The second kappa shape index (κ2) is 16.7. The summed E-state index contributed by atoms with van der Waals surface area (Å²) in [4.78, 5) is 13.9.